The highest BCUT2D eigenvalue weighted by Gasteiger charge is 2.48. The number of ketones is 1. The number of nitro benzene ring substituents is 1. The van der Waals surface area contributed by atoms with E-state index in [9.17, 15) is 29.3 Å². The molecule has 10 nitrogen and oxygen atoms in total. The number of carbonyl (C=O) groups is 4. The van der Waals surface area contributed by atoms with E-state index in [1.54, 1.807) is 54.6 Å². The second-order valence-electron chi connectivity index (χ2n) is 10.4. The molecule has 0 bridgehead atoms. The lowest BCUT2D eigenvalue weighted by atomic mass is 9.81. The van der Waals surface area contributed by atoms with Crippen LogP contribution < -0.4 is 4.90 Å². The molecule has 210 valence electrons. The lowest BCUT2D eigenvalue weighted by Crippen LogP contribution is -2.30. The Bertz CT molecular complexity index is 1740. The maximum Gasteiger partial charge on any atom is 0.339 e. The zero-order valence-corrected chi connectivity index (χ0v) is 22.4. The molecule has 2 unspecified atom stereocenters. The zero-order valence-electron chi connectivity index (χ0n) is 22.4. The van der Waals surface area contributed by atoms with E-state index in [1.165, 1.54) is 23.1 Å². The van der Waals surface area contributed by atoms with Crippen LogP contribution in [0.5, 0.6) is 0 Å². The van der Waals surface area contributed by atoms with Gasteiger partial charge in [0.05, 0.1) is 39.2 Å². The van der Waals surface area contributed by atoms with Crippen LogP contribution in [0.2, 0.25) is 0 Å². The van der Waals surface area contributed by atoms with Gasteiger partial charge in [0.2, 0.25) is 17.6 Å². The third kappa shape index (κ3) is 4.91. The number of imide groups is 1. The summed E-state index contributed by atoms with van der Waals surface area (Å²) in [5.41, 5.74) is 2.17. The summed E-state index contributed by atoms with van der Waals surface area (Å²) in [6.07, 6.45) is 3.38. The van der Waals surface area contributed by atoms with Crippen molar-refractivity contribution in [3.8, 4) is 11.3 Å². The van der Waals surface area contributed by atoms with Crippen LogP contribution in [0.15, 0.2) is 78.9 Å². The topological polar surface area (TPSA) is 137 Å². The van der Waals surface area contributed by atoms with E-state index < -0.39 is 23.3 Å². The smallest absolute Gasteiger partial charge is 0.339 e. The number of Topliss-reactive ketones (excluding diaryl/α,β-unsaturated/α-hetero) is 1. The summed E-state index contributed by atoms with van der Waals surface area (Å²) in [7, 11) is 0. The fraction of sp³-hybridized carbons (Fsp3) is 0.219. The Morgan fingerprint density at radius 1 is 0.905 bits per heavy atom. The average molecular weight is 564 g/mol. The molecule has 2 aliphatic rings. The van der Waals surface area contributed by atoms with Crippen molar-refractivity contribution in [3.63, 3.8) is 0 Å². The molecule has 1 saturated heterocycles. The van der Waals surface area contributed by atoms with Gasteiger partial charge in [-0.2, -0.15) is 0 Å². The van der Waals surface area contributed by atoms with Crippen LogP contribution in [-0.4, -0.2) is 40.1 Å². The molecule has 2 amide bonds. The highest BCUT2D eigenvalue weighted by atomic mass is 16.6. The highest BCUT2D eigenvalue weighted by Crippen LogP contribution is 2.40. The summed E-state index contributed by atoms with van der Waals surface area (Å²) in [6.45, 7) is -0.597. The Hall–Kier alpha value is -5.25. The molecule has 1 saturated carbocycles. The maximum absolute atomic E-state index is 13.2. The number of esters is 1. The van der Waals surface area contributed by atoms with Gasteiger partial charge >= 0.3 is 5.97 Å². The molecule has 4 aromatic rings. The van der Waals surface area contributed by atoms with Gasteiger partial charge in [-0.25, -0.2) is 9.78 Å². The molecule has 1 aliphatic heterocycles. The summed E-state index contributed by atoms with van der Waals surface area (Å²) in [5.74, 6) is -2.11. The predicted octanol–water partition coefficient (Wildman–Crippen LogP) is 5.53. The zero-order chi connectivity index (χ0) is 29.4. The molecule has 2 heterocycles. The lowest BCUT2D eigenvalue weighted by molar-refractivity contribution is -0.384. The molecular weight excluding hydrogens is 538 g/mol. The Morgan fingerprint density at radius 3 is 2.29 bits per heavy atom. The number of ether oxygens (including phenoxy) is 1. The number of nitrogens with zero attached hydrogens (tertiary/aromatic N) is 3. The molecule has 1 aromatic heterocycles. The number of hydrogen-bond acceptors (Lipinski definition) is 8. The van der Waals surface area contributed by atoms with Gasteiger partial charge in [-0.3, -0.25) is 29.4 Å². The number of non-ortho nitro benzene ring substituents is 1. The first-order valence-electron chi connectivity index (χ1n) is 13.6. The van der Waals surface area contributed by atoms with Crippen LogP contribution in [0.25, 0.3) is 22.2 Å². The Kier molecular flexibility index (Phi) is 7.03. The van der Waals surface area contributed by atoms with E-state index in [0.717, 1.165) is 31.7 Å². The number of pyridine rings is 1. The number of fused-ring (bicyclic) bond motifs is 2. The summed E-state index contributed by atoms with van der Waals surface area (Å²) in [6, 6.07) is 20.7. The van der Waals surface area contributed by atoms with Crippen molar-refractivity contribution in [1.29, 1.82) is 0 Å². The van der Waals surface area contributed by atoms with Crippen LogP contribution in [-0.2, 0) is 14.3 Å². The van der Waals surface area contributed by atoms with Gasteiger partial charge in [-0.1, -0.05) is 55.3 Å². The number of rotatable bonds is 7. The van der Waals surface area contributed by atoms with Crippen LogP contribution in [0.3, 0.4) is 0 Å². The van der Waals surface area contributed by atoms with Gasteiger partial charge in [-0.05, 0) is 37.1 Å². The molecular formula is C32H25N3O7. The minimum Gasteiger partial charge on any atom is -0.454 e. The van der Waals surface area contributed by atoms with Crippen molar-refractivity contribution in [2.75, 3.05) is 11.5 Å². The lowest BCUT2D eigenvalue weighted by Gasteiger charge is -2.19. The van der Waals surface area contributed by atoms with Crippen molar-refractivity contribution in [3.05, 3.63) is 100 Å². The predicted molar refractivity (Wildman–Crippen MR) is 153 cm³/mol. The second-order valence-corrected chi connectivity index (χ2v) is 10.4. The second kappa shape index (κ2) is 11.0. The van der Waals surface area contributed by atoms with Gasteiger partial charge in [0.1, 0.15) is 0 Å². The number of para-hydroxylation sites is 1. The van der Waals surface area contributed by atoms with Crippen molar-refractivity contribution < 1.29 is 28.8 Å². The first kappa shape index (κ1) is 26.9. The molecule has 2 fully saturated rings. The molecule has 3 aromatic carbocycles. The number of benzene rings is 3. The largest absolute Gasteiger partial charge is 0.454 e. The van der Waals surface area contributed by atoms with Gasteiger partial charge < -0.3 is 4.74 Å². The van der Waals surface area contributed by atoms with E-state index >= 15 is 0 Å². The minimum absolute atomic E-state index is 0.0617. The van der Waals surface area contributed by atoms with E-state index in [1.807, 2.05) is 0 Å². The fourth-order valence-corrected chi connectivity index (χ4v) is 5.78. The van der Waals surface area contributed by atoms with E-state index in [0.29, 0.717) is 27.8 Å². The van der Waals surface area contributed by atoms with E-state index in [4.69, 9.17) is 4.74 Å². The first-order valence-corrected chi connectivity index (χ1v) is 13.6. The number of hydrogen-bond donors (Lipinski definition) is 0. The molecule has 10 heteroatoms. The van der Waals surface area contributed by atoms with E-state index in [2.05, 4.69) is 4.98 Å². The number of carbonyl (C=O) groups excluding carboxylic acids is 4. The summed E-state index contributed by atoms with van der Waals surface area (Å²) >= 11 is 0. The monoisotopic (exact) mass is 563 g/mol. The average Bonchev–Trinajstić information content (AvgIpc) is 3.28. The Balaban J connectivity index is 1.25. The van der Waals surface area contributed by atoms with Gasteiger partial charge in [0.25, 0.3) is 5.69 Å². The van der Waals surface area contributed by atoms with Crippen molar-refractivity contribution in [2.24, 2.45) is 11.8 Å². The van der Waals surface area contributed by atoms with Crippen LogP contribution >= 0.6 is 0 Å². The molecule has 2 atom stereocenters. The first-order chi connectivity index (χ1) is 20.3. The fourth-order valence-electron chi connectivity index (χ4n) is 5.78. The number of aromatic nitrogens is 1. The summed E-state index contributed by atoms with van der Waals surface area (Å²) in [5, 5.41) is 11.6. The van der Waals surface area contributed by atoms with Gasteiger partial charge in [-0.15, -0.1) is 0 Å². The standard InChI is InChI=1S/C32H25N3O7/c36-29(20-6-5-7-22(16-20)35(40)41)18-42-32(39)26-17-28(33-27-11-4-3-8-23(26)27)19-12-14-21(15-13-19)34-30(37)24-9-1-2-10-25(24)31(34)38/h3-8,11-17,24-25H,1-2,9-10,18H2. The SMILES string of the molecule is O=C(COC(=O)c1cc(-c2ccc(N3C(=O)C4CCCCC4C3=O)cc2)nc2ccccc12)c1cccc([N+](=O)[O-])c1. The minimum atomic E-state index is -0.749. The number of nitro groups is 1. The molecule has 1 aliphatic carbocycles. The van der Waals surface area contributed by atoms with Crippen molar-refractivity contribution in [1.82, 2.24) is 4.98 Å². The third-order valence-electron chi connectivity index (χ3n) is 7.91. The van der Waals surface area contributed by atoms with Gasteiger partial charge in [0, 0.05) is 28.6 Å². The summed E-state index contributed by atoms with van der Waals surface area (Å²) in [4.78, 5) is 68.2. The quantitative estimate of drug-likeness (QED) is 0.0941. The maximum atomic E-state index is 13.2. The van der Waals surface area contributed by atoms with Crippen LogP contribution in [0.4, 0.5) is 11.4 Å². The van der Waals surface area contributed by atoms with Crippen LogP contribution in [0.1, 0.15) is 46.4 Å². The molecule has 0 N–H and O–H groups in total. The van der Waals surface area contributed by atoms with Crippen molar-refractivity contribution in [2.45, 2.75) is 25.7 Å². The number of amides is 2. The van der Waals surface area contributed by atoms with Gasteiger partial charge in [0.15, 0.2) is 6.61 Å². The third-order valence-corrected chi connectivity index (χ3v) is 7.91. The molecule has 6 rings (SSSR count). The van der Waals surface area contributed by atoms with Crippen LogP contribution in [0, 0.1) is 22.0 Å². The number of anilines is 1. The normalized spacial score (nSPS) is 18.1. The molecule has 42 heavy (non-hydrogen) atoms. The Morgan fingerprint density at radius 2 is 1.60 bits per heavy atom. The van der Waals surface area contributed by atoms with E-state index in [-0.39, 0.29) is 40.5 Å². The van der Waals surface area contributed by atoms with Crippen molar-refractivity contribution >= 4 is 45.8 Å². The molecule has 0 radical (unpaired) electrons. The summed E-state index contributed by atoms with van der Waals surface area (Å²) < 4.78 is 5.33. The Labute approximate surface area is 240 Å². The highest BCUT2D eigenvalue weighted by molar-refractivity contribution is 6.22. The molecule has 0 spiro atoms.